The van der Waals surface area contributed by atoms with Gasteiger partial charge in [-0.25, -0.2) is 4.79 Å². The fourth-order valence-electron chi connectivity index (χ4n) is 2.50. The highest BCUT2D eigenvalue weighted by molar-refractivity contribution is 6.16. The number of nitrogens with one attached hydrogen (secondary N) is 1. The summed E-state index contributed by atoms with van der Waals surface area (Å²) in [6.45, 7) is 4.58. The Bertz CT molecular complexity index is 388. The van der Waals surface area contributed by atoms with Gasteiger partial charge in [0, 0.05) is 6.61 Å². The molecule has 2 atom stereocenters. The molecule has 6 heteroatoms. The van der Waals surface area contributed by atoms with E-state index in [0.29, 0.717) is 26.1 Å². The van der Waals surface area contributed by atoms with E-state index < -0.39 is 29.3 Å². The molecule has 0 aromatic carbocycles. The van der Waals surface area contributed by atoms with Gasteiger partial charge in [-0.2, -0.15) is 0 Å². The summed E-state index contributed by atoms with van der Waals surface area (Å²) in [5, 5.41) is 2.27. The molecule has 2 heterocycles. The Labute approximate surface area is 106 Å². The maximum absolute atomic E-state index is 12.3. The minimum atomic E-state index is -0.745. The lowest BCUT2D eigenvalue weighted by molar-refractivity contribution is -0.146. The third kappa shape index (κ3) is 2.01. The Hall–Kier alpha value is -1.43. The quantitative estimate of drug-likeness (QED) is 0.751. The lowest BCUT2D eigenvalue weighted by Crippen LogP contribution is -2.65. The number of carbonyl (C=O) groups is 3. The van der Waals surface area contributed by atoms with Crippen molar-refractivity contribution in [3.8, 4) is 0 Å². The number of ether oxygens (including phenoxy) is 1. The summed E-state index contributed by atoms with van der Waals surface area (Å²) in [4.78, 5) is 37.0. The Morgan fingerprint density at radius 3 is 2.72 bits per heavy atom. The van der Waals surface area contributed by atoms with E-state index in [2.05, 4.69) is 5.32 Å². The van der Waals surface area contributed by atoms with E-state index in [1.54, 1.807) is 0 Å². The van der Waals surface area contributed by atoms with Crippen LogP contribution in [-0.4, -0.2) is 41.5 Å². The smallest absolute Gasteiger partial charge is 0.331 e. The highest BCUT2D eigenvalue weighted by Gasteiger charge is 2.49. The van der Waals surface area contributed by atoms with Crippen LogP contribution < -0.4 is 5.32 Å². The Kier molecular flexibility index (Phi) is 3.38. The van der Waals surface area contributed by atoms with Crippen LogP contribution in [0.25, 0.3) is 0 Å². The van der Waals surface area contributed by atoms with Crippen molar-refractivity contribution in [1.29, 1.82) is 0 Å². The molecule has 2 fully saturated rings. The van der Waals surface area contributed by atoms with Gasteiger partial charge in [0.15, 0.2) is 0 Å². The molecule has 100 valence electrons. The molecule has 18 heavy (non-hydrogen) atoms. The van der Waals surface area contributed by atoms with Crippen molar-refractivity contribution in [2.45, 2.75) is 38.6 Å². The SMILES string of the molecule is CCCC1C(=O)NC(=O)N(C2(C)CCOC2)C1=O. The third-order valence-corrected chi connectivity index (χ3v) is 3.58. The van der Waals surface area contributed by atoms with Crippen LogP contribution in [0.3, 0.4) is 0 Å². The van der Waals surface area contributed by atoms with Gasteiger partial charge >= 0.3 is 6.03 Å². The van der Waals surface area contributed by atoms with Gasteiger partial charge in [0.05, 0.1) is 12.1 Å². The van der Waals surface area contributed by atoms with E-state index in [1.165, 1.54) is 4.90 Å². The molecule has 0 spiro atoms. The number of hydrogen-bond donors (Lipinski definition) is 1. The molecule has 6 nitrogen and oxygen atoms in total. The van der Waals surface area contributed by atoms with Gasteiger partial charge < -0.3 is 4.74 Å². The average molecular weight is 254 g/mol. The molecule has 2 saturated heterocycles. The lowest BCUT2D eigenvalue weighted by atomic mass is 9.92. The van der Waals surface area contributed by atoms with Crippen LogP contribution >= 0.6 is 0 Å². The van der Waals surface area contributed by atoms with Crippen LogP contribution in [0.4, 0.5) is 4.79 Å². The van der Waals surface area contributed by atoms with Crippen LogP contribution in [0.2, 0.25) is 0 Å². The van der Waals surface area contributed by atoms with Gasteiger partial charge in [0.25, 0.3) is 0 Å². The van der Waals surface area contributed by atoms with E-state index in [0.717, 1.165) is 6.42 Å². The molecule has 0 aromatic heterocycles. The number of nitrogens with zero attached hydrogens (tertiary/aromatic N) is 1. The van der Waals surface area contributed by atoms with Gasteiger partial charge in [0.1, 0.15) is 5.92 Å². The number of hydrogen-bond acceptors (Lipinski definition) is 4. The van der Waals surface area contributed by atoms with Gasteiger partial charge in [-0.05, 0) is 19.8 Å². The molecule has 2 aliphatic rings. The average Bonchev–Trinajstić information content (AvgIpc) is 2.71. The van der Waals surface area contributed by atoms with Crippen molar-refractivity contribution in [2.75, 3.05) is 13.2 Å². The van der Waals surface area contributed by atoms with Gasteiger partial charge in [0.2, 0.25) is 11.8 Å². The van der Waals surface area contributed by atoms with Crippen molar-refractivity contribution in [3.63, 3.8) is 0 Å². The Morgan fingerprint density at radius 1 is 1.44 bits per heavy atom. The third-order valence-electron chi connectivity index (χ3n) is 3.58. The molecule has 0 aliphatic carbocycles. The zero-order valence-corrected chi connectivity index (χ0v) is 10.7. The molecular weight excluding hydrogens is 236 g/mol. The molecule has 0 aromatic rings. The minimum Gasteiger partial charge on any atom is -0.379 e. The first-order valence-corrected chi connectivity index (χ1v) is 6.26. The van der Waals surface area contributed by atoms with Crippen LogP contribution in [0.1, 0.15) is 33.1 Å². The predicted octanol–water partition coefficient (Wildman–Crippen LogP) is 0.660. The van der Waals surface area contributed by atoms with E-state index in [1.807, 2.05) is 13.8 Å². The number of rotatable bonds is 3. The number of imide groups is 2. The highest BCUT2D eigenvalue weighted by Crippen LogP contribution is 2.30. The second-order valence-electron chi connectivity index (χ2n) is 5.11. The van der Waals surface area contributed by atoms with Gasteiger partial charge in [-0.1, -0.05) is 13.3 Å². The first kappa shape index (κ1) is 13.0. The number of urea groups is 1. The van der Waals surface area contributed by atoms with E-state index in [-0.39, 0.29) is 0 Å². The van der Waals surface area contributed by atoms with Crippen molar-refractivity contribution in [1.82, 2.24) is 10.2 Å². The fourth-order valence-corrected chi connectivity index (χ4v) is 2.50. The normalized spacial score (nSPS) is 32.9. The summed E-state index contributed by atoms with van der Waals surface area (Å²) in [5.74, 6) is -1.62. The van der Waals surface area contributed by atoms with E-state index >= 15 is 0 Å². The van der Waals surface area contributed by atoms with Crippen LogP contribution in [0, 0.1) is 5.92 Å². The predicted molar refractivity (Wildman–Crippen MR) is 62.6 cm³/mol. The molecule has 1 N–H and O–H groups in total. The van der Waals surface area contributed by atoms with E-state index in [9.17, 15) is 14.4 Å². The Balaban J connectivity index is 2.26. The largest absolute Gasteiger partial charge is 0.379 e. The highest BCUT2D eigenvalue weighted by atomic mass is 16.5. The zero-order chi connectivity index (χ0) is 13.3. The molecule has 0 saturated carbocycles. The second-order valence-corrected chi connectivity index (χ2v) is 5.11. The topological polar surface area (TPSA) is 75.7 Å². The maximum atomic E-state index is 12.3. The molecule has 4 amide bonds. The lowest BCUT2D eigenvalue weighted by Gasteiger charge is -2.39. The standard InChI is InChI=1S/C12H18N2O4/c1-3-4-8-9(15)13-11(17)14(10(8)16)12(2)5-6-18-7-12/h8H,3-7H2,1-2H3,(H,13,15,17). The first-order valence-electron chi connectivity index (χ1n) is 6.26. The zero-order valence-electron chi connectivity index (χ0n) is 10.7. The fraction of sp³-hybridized carbons (Fsp3) is 0.750. The van der Waals surface area contributed by atoms with Crippen molar-refractivity contribution in [2.24, 2.45) is 5.92 Å². The summed E-state index contributed by atoms with van der Waals surface area (Å²) in [6, 6.07) is -0.620. The monoisotopic (exact) mass is 254 g/mol. The molecule has 0 radical (unpaired) electrons. The molecule has 2 unspecified atom stereocenters. The summed E-state index contributed by atoms with van der Waals surface area (Å²) in [7, 11) is 0. The molecular formula is C12H18N2O4. The number of barbiturate groups is 1. The van der Waals surface area contributed by atoms with Gasteiger partial charge in [-0.3, -0.25) is 19.8 Å². The number of amides is 4. The van der Waals surface area contributed by atoms with E-state index in [4.69, 9.17) is 4.74 Å². The van der Waals surface area contributed by atoms with Crippen LogP contribution in [-0.2, 0) is 14.3 Å². The summed E-state index contributed by atoms with van der Waals surface area (Å²) >= 11 is 0. The van der Waals surface area contributed by atoms with Crippen LogP contribution in [0.15, 0.2) is 0 Å². The van der Waals surface area contributed by atoms with Crippen molar-refractivity contribution in [3.05, 3.63) is 0 Å². The summed E-state index contributed by atoms with van der Waals surface area (Å²) in [5.41, 5.74) is -0.631. The number of carbonyl (C=O) groups excluding carboxylic acids is 3. The molecule has 2 rings (SSSR count). The van der Waals surface area contributed by atoms with Crippen LogP contribution in [0.5, 0.6) is 0 Å². The second kappa shape index (κ2) is 4.68. The van der Waals surface area contributed by atoms with Crippen molar-refractivity contribution < 1.29 is 19.1 Å². The molecule has 0 bridgehead atoms. The maximum Gasteiger partial charge on any atom is 0.331 e. The van der Waals surface area contributed by atoms with Gasteiger partial charge in [-0.15, -0.1) is 0 Å². The Morgan fingerprint density at radius 2 is 2.17 bits per heavy atom. The minimum absolute atomic E-state index is 0.333. The van der Waals surface area contributed by atoms with Crippen molar-refractivity contribution >= 4 is 17.8 Å². The molecule has 2 aliphatic heterocycles. The first-order chi connectivity index (χ1) is 8.49. The summed E-state index contributed by atoms with van der Waals surface area (Å²) < 4.78 is 5.27. The summed E-state index contributed by atoms with van der Waals surface area (Å²) in [6.07, 6.45) is 1.80.